The van der Waals surface area contributed by atoms with E-state index in [9.17, 15) is 0 Å². The average Bonchev–Trinajstić information content (AvgIpc) is 2.74. The molecule has 1 radical (unpaired) electrons. The molecule has 4 rings (SSSR count). The zero-order chi connectivity index (χ0) is 18.5. The predicted octanol–water partition coefficient (Wildman–Crippen LogP) is 5.95. The van der Waals surface area contributed by atoms with Gasteiger partial charge in [0.05, 0.1) is 11.9 Å². The van der Waals surface area contributed by atoms with Crippen molar-refractivity contribution >= 4 is 34.4 Å². The number of thioether (sulfide) groups is 1. The first-order chi connectivity index (χ1) is 13.3. The fraction of sp³-hybridized carbons (Fsp3) is 0.0870. The second kappa shape index (κ2) is 8.42. The second-order valence-electron chi connectivity index (χ2n) is 6.10. The molecule has 0 aliphatic heterocycles. The summed E-state index contributed by atoms with van der Waals surface area (Å²) in [4.78, 5) is 10.8. The van der Waals surface area contributed by atoms with E-state index < -0.39 is 0 Å². The van der Waals surface area contributed by atoms with E-state index in [0.717, 1.165) is 44.3 Å². The third-order valence-corrected chi connectivity index (χ3v) is 5.77. The van der Waals surface area contributed by atoms with Crippen LogP contribution in [0, 0.1) is 6.07 Å². The van der Waals surface area contributed by atoms with E-state index in [4.69, 9.17) is 12.2 Å². The maximum atomic E-state index is 5.68. The maximum Gasteiger partial charge on any atom is 0.0891 e. The van der Waals surface area contributed by atoms with E-state index in [-0.39, 0.29) is 0 Å². The summed E-state index contributed by atoms with van der Waals surface area (Å²) >= 11 is 7.45. The number of rotatable bonds is 5. The van der Waals surface area contributed by atoms with E-state index in [1.165, 1.54) is 5.56 Å². The Kier molecular flexibility index (Phi) is 5.56. The number of hydrogen-bond donors (Lipinski definition) is 0. The second-order valence-corrected chi connectivity index (χ2v) is 7.57. The van der Waals surface area contributed by atoms with Crippen molar-refractivity contribution in [1.82, 2.24) is 9.97 Å². The lowest BCUT2D eigenvalue weighted by Gasteiger charge is -2.18. The molecular weight excluding hydrogens is 368 g/mol. The zero-order valence-electron chi connectivity index (χ0n) is 14.6. The van der Waals surface area contributed by atoms with Gasteiger partial charge in [-0.2, -0.15) is 0 Å². The molecule has 1 aliphatic carbocycles. The van der Waals surface area contributed by atoms with Crippen molar-refractivity contribution in [1.29, 1.82) is 0 Å². The van der Waals surface area contributed by atoms with E-state index in [1.54, 1.807) is 30.4 Å². The monoisotopic (exact) mass is 385 g/mol. The minimum absolute atomic E-state index is 0.790. The van der Waals surface area contributed by atoms with Crippen LogP contribution in [0.2, 0.25) is 0 Å². The van der Waals surface area contributed by atoms with Crippen molar-refractivity contribution in [2.45, 2.75) is 17.1 Å². The van der Waals surface area contributed by atoms with Gasteiger partial charge in [-0.25, -0.2) is 0 Å². The van der Waals surface area contributed by atoms with Crippen LogP contribution in [0.25, 0.3) is 16.8 Å². The lowest BCUT2D eigenvalue weighted by atomic mass is 9.92. The molecule has 0 spiro atoms. The molecule has 0 atom stereocenters. The maximum absolute atomic E-state index is 5.68. The summed E-state index contributed by atoms with van der Waals surface area (Å²) in [7, 11) is 0. The number of allylic oxidation sites excluding steroid dienone is 4. The summed E-state index contributed by atoms with van der Waals surface area (Å²) < 4.78 is 0. The third kappa shape index (κ3) is 4.07. The SMILES string of the molecule is S=C1CC=CC=C1c1c(SCc2ccccc2)[c]ccc1-c1cnccn1. The van der Waals surface area contributed by atoms with Crippen LogP contribution in [-0.4, -0.2) is 14.8 Å². The molecule has 0 saturated carbocycles. The quantitative estimate of drug-likeness (QED) is 0.400. The number of aromatic nitrogens is 2. The standard InChI is InChI=1S/C23H17N2S2/c26-21-11-5-4-9-19(21)23-18(20-15-24-13-14-25-20)10-6-12-22(23)27-16-17-7-2-1-3-8-17/h1-10,13-15H,11,16H2. The molecule has 131 valence electrons. The molecule has 1 aromatic heterocycles. The molecule has 0 fully saturated rings. The molecule has 0 N–H and O–H groups in total. The Morgan fingerprint density at radius 3 is 2.78 bits per heavy atom. The molecule has 0 unspecified atom stereocenters. The van der Waals surface area contributed by atoms with Crippen molar-refractivity contribution in [3.63, 3.8) is 0 Å². The largest absolute Gasteiger partial charge is 0.261 e. The lowest BCUT2D eigenvalue weighted by Crippen LogP contribution is -2.05. The van der Waals surface area contributed by atoms with Gasteiger partial charge >= 0.3 is 0 Å². The topological polar surface area (TPSA) is 25.8 Å². The Bertz CT molecular complexity index is 1010. The summed E-state index contributed by atoms with van der Waals surface area (Å²) in [6.07, 6.45) is 12.3. The van der Waals surface area contributed by atoms with E-state index in [0.29, 0.717) is 0 Å². The Morgan fingerprint density at radius 2 is 2.00 bits per heavy atom. The van der Waals surface area contributed by atoms with Crippen LogP contribution in [0.5, 0.6) is 0 Å². The van der Waals surface area contributed by atoms with Gasteiger partial charge in [-0.15, -0.1) is 11.8 Å². The first-order valence-corrected chi connectivity index (χ1v) is 10.1. The Hall–Kier alpha value is -2.56. The van der Waals surface area contributed by atoms with E-state index in [2.05, 4.69) is 58.5 Å². The molecular formula is C23H17N2S2. The molecule has 27 heavy (non-hydrogen) atoms. The molecule has 0 saturated heterocycles. The fourth-order valence-corrected chi connectivity index (χ4v) is 4.29. The van der Waals surface area contributed by atoms with Gasteiger partial charge in [-0.05, 0) is 17.2 Å². The van der Waals surface area contributed by atoms with Gasteiger partial charge in [-0.1, -0.05) is 72.9 Å². The molecule has 4 heteroatoms. The molecule has 1 aliphatic rings. The van der Waals surface area contributed by atoms with Gasteiger partial charge in [0.1, 0.15) is 0 Å². The van der Waals surface area contributed by atoms with Crippen LogP contribution in [0.3, 0.4) is 0 Å². The van der Waals surface area contributed by atoms with Gasteiger partial charge in [0.2, 0.25) is 0 Å². The van der Waals surface area contributed by atoms with Gasteiger partial charge in [-0.3, -0.25) is 9.97 Å². The van der Waals surface area contributed by atoms with Crippen LogP contribution in [-0.2, 0) is 5.75 Å². The lowest BCUT2D eigenvalue weighted by molar-refractivity contribution is 1.20. The highest BCUT2D eigenvalue weighted by molar-refractivity contribution is 7.98. The van der Waals surface area contributed by atoms with Crippen molar-refractivity contribution < 1.29 is 0 Å². The van der Waals surface area contributed by atoms with Crippen molar-refractivity contribution in [2.24, 2.45) is 0 Å². The smallest absolute Gasteiger partial charge is 0.0891 e. The van der Waals surface area contributed by atoms with Crippen LogP contribution in [0.15, 0.2) is 84.2 Å². The molecule has 0 bridgehead atoms. The Morgan fingerprint density at radius 1 is 1.11 bits per heavy atom. The van der Waals surface area contributed by atoms with Gasteiger partial charge in [0, 0.05) is 45.5 Å². The summed E-state index contributed by atoms with van der Waals surface area (Å²) in [6, 6.07) is 17.9. The first-order valence-electron chi connectivity index (χ1n) is 8.71. The van der Waals surface area contributed by atoms with Crippen LogP contribution in [0.1, 0.15) is 17.5 Å². The Balaban J connectivity index is 1.80. The first kappa shape index (κ1) is 17.8. The molecule has 2 aromatic carbocycles. The summed E-state index contributed by atoms with van der Waals surface area (Å²) in [5, 5.41) is 0. The highest BCUT2D eigenvalue weighted by Gasteiger charge is 2.19. The van der Waals surface area contributed by atoms with Gasteiger partial charge in [0.25, 0.3) is 0 Å². The van der Waals surface area contributed by atoms with Crippen LogP contribution >= 0.6 is 24.0 Å². The minimum atomic E-state index is 0.790. The zero-order valence-corrected chi connectivity index (χ0v) is 16.3. The number of hydrogen-bond acceptors (Lipinski definition) is 4. The third-order valence-electron chi connectivity index (χ3n) is 4.30. The fourth-order valence-electron chi connectivity index (χ4n) is 3.01. The van der Waals surface area contributed by atoms with E-state index in [1.807, 2.05) is 18.2 Å². The summed E-state index contributed by atoms with van der Waals surface area (Å²) in [5.74, 6) is 0.879. The predicted molar refractivity (Wildman–Crippen MR) is 117 cm³/mol. The molecule has 0 amide bonds. The van der Waals surface area contributed by atoms with Crippen LogP contribution in [0.4, 0.5) is 0 Å². The van der Waals surface area contributed by atoms with Crippen molar-refractivity contribution in [2.75, 3.05) is 0 Å². The van der Waals surface area contributed by atoms with Crippen molar-refractivity contribution in [3.05, 3.63) is 96.5 Å². The summed E-state index contributed by atoms with van der Waals surface area (Å²) in [5.41, 5.74) is 5.36. The van der Waals surface area contributed by atoms with Gasteiger partial charge < -0.3 is 0 Å². The van der Waals surface area contributed by atoms with E-state index >= 15 is 0 Å². The number of thiocarbonyl (C=S) groups is 1. The number of benzene rings is 2. The number of nitrogens with zero attached hydrogens (tertiary/aromatic N) is 2. The normalized spacial score (nSPS) is 13.5. The summed E-state index contributed by atoms with van der Waals surface area (Å²) in [6.45, 7) is 0. The molecule has 1 heterocycles. The molecule has 2 nitrogen and oxygen atoms in total. The van der Waals surface area contributed by atoms with Gasteiger partial charge in [0.15, 0.2) is 0 Å². The highest BCUT2D eigenvalue weighted by atomic mass is 32.2. The molecule has 3 aromatic rings. The Labute approximate surface area is 169 Å². The highest BCUT2D eigenvalue weighted by Crippen LogP contribution is 2.38. The van der Waals surface area contributed by atoms with Crippen LogP contribution < -0.4 is 0 Å². The van der Waals surface area contributed by atoms with Crippen molar-refractivity contribution in [3.8, 4) is 11.3 Å². The minimum Gasteiger partial charge on any atom is -0.261 e. The average molecular weight is 386 g/mol.